The van der Waals surface area contributed by atoms with E-state index in [2.05, 4.69) is 4.90 Å². The van der Waals surface area contributed by atoms with Crippen molar-refractivity contribution in [1.29, 1.82) is 0 Å². The molecule has 0 aliphatic carbocycles. The topological polar surface area (TPSA) is 60.8 Å². The first kappa shape index (κ1) is 16.1. The summed E-state index contributed by atoms with van der Waals surface area (Å²) < 4.78 is 0. The zero-order chi connectivity index (χ0) is 15.6. The minimum absolute atomic E-state index is 0.0870. The highest BCUT2D eigenvalue weighted by Gasteiger charge is 2.38. The summed E-state index contributed by atoms with van der Waals surface area (Å²) in [7, 11) is 0. The molecule has 1 unspecified atom stereocenters. The number of aromatic hydroxyl groups is 1. The number of nitrogens with zero attached hydrogens (tertiary/aromatic N) is 1. The molecular weight excluding hydrogens is 290 g/mol. The SMILES string of the molecule is CC(C)(C(=O)O)C1CCCN(Cc2ccc(O)c(Cl)c2)C1. The Morgan fingerprint density at radius 2 is 2.19 bits per heavy atom. The van der Waals surface area contributed by atoms with Crippen LogP contribution in [0, 0.1) is 11.3 Å². The number of likely N-dealkylation sites (tertiary alicyclic amines) is 1. The maximum Gasteiger partial charge on any atom is 0.309 e. The van der Waals surface area contributed by atoms with Gasteiger partial charge in [-0.05, 0) is 56.8 Å². The van der Waals surface area contributed by atoms with Gasteiger partial charge >= 0.3 is 5.97 Å². The number of phenols is 1. The Hall–Kier alpha value is -1.26. The molecule has 1 aliphatic heterocycles. The number of carboxylic acids is 1. The number of rotatable bonds is 4. The van der Waals surface area contributed by atoms with Gasteiger partial charge in [0, 0.05) is 13.1 Å². The lowest BCUT2D eigenvalue weighted by molar-refractivity contribution is -0.151. The highest BCUT2D eigenvalue weighted by atomic mass is 35.5. The average molecular weight is 312 g/mol. The third-order valence-corrected chi connectivity index (χ3v) is 4.80. The lowest BCUT2D eigenvalue weighted by atomic mass is 9.74. The summed E-state index contributed by atoms with van der Waals surface area (Å²) >= 11 is 5.93. The number of aliphatic carboxylic acids is 1. The van der Waals surface area contributed by atoms with E-state index in [9.17, 15) is 15.0 Å². The molecular formula is C16H22ClNO3. The fourth-order valence-corrected chi connectivity index (χ4v) is 3.07. The van der Waals surface area contributed by atoms with Crippen LogP contribution >= 0.6 is 11.6 Å². The maximum absolute atomic E-state index is 11.4. The molecule has 0 radical (unpaired) electrons. The Balaban J connectivity index is 2.04. The molecule has 1 aromatic carbocycles. The molecule has 1 aromatic rings. The van der Waals surface area contributed by atoms with E-state index < -0.39 is 11.4 Å². The Bertz CT molecular complexity index is 530. The maximum atomic E-state index is 11.4. The smallest absolute Gasteiger partial charge is 0.309 e. The van der Waals surface area contributed by atoms with Crippen molar-refractivity contribution in [3.8, 4) is 5.75 Å². The van der Waals surface area contributed by atoms with Crippen LogP contribution in [-0.2, 0) is 11.3 Å². The van der Waals surface area contributed by atoms with Crippen LogP contribution in [0.2, 0.25) is 5.02 Å². The number of carbonyl (C=O) groups is 1. The van der Waals surface area contributed by atoms with Gasteiger partial charge in [-0.2, -0.15) is 0 Å². The summed E-state index contributed by atoms with van der Waals surface area (Å²) in [4.78, 5) is 13.7. The normalized spacial score (nSPS) is 20.4. The number of halogens is 1. The molecule has 116 valence electrons. The predicted molar refractivity (Wildman–Crippen MR) is 82.5 cm³/mol. The van der Waals surface area contributed by atoms with Crippen LogP contribution in [-0.4, -0.2) is 34.2 Å². The molecule has 1 atom stereocenters. The van der Waals surface area contributed by atoms with Crippen molar-refractivity contribution in [2.24, 2.45) is 11.3 Å². The largest absolute Gasteiger partial charge is 0.506 e. The van der Waals surface area contributed by atoms with E-state index in [0.717, 1.165) is 38.0 Å². The second-order valence-corrected chi connectivity index (χ2v) is 6.79. The molecule has 0 amide bonds. The van der Waals surface area contributed by atoms with Crippen molar-refractivity contribution in [1.82, 2.24) is 4.90 Å². The van der Waals surface area contributed by atoms with Crippen LogP contribution in [0.15, 0.2) is 18.2 Å². The van der Waals surface area contributed by atoms with Gasteiger partial charge in [-0.1, -0.05) is 17.7 Å². The molecule has 2 N–H and O–H groups in total. The molecule has 1 saturated heterocycles. The van der Waals surface area contributed by atoms with Gasteiger partial charge in [-0.3, -0.25) is 9.69 Å². The molecule has 1 heterocycles. The zero-order valence-corrected chi connectivity index (χ0v) is 13.2. The van der Waals surface area contributed by atoms with Gasteiger partial charge < -0.3 is 10.2 Å². The van der Waals surface area contributed by atoms with Crippen LogP contribution in [0.25, 0.3) is 0 Å². The summed E-state index contributed by atoms with van der Waals surface area (Å²) in [5.74, 6) is -0.498. The highest BCUT2D eigenvalue weighted by molar-refractivity contribution is 6.32. The standard InChI is InChI=1S/C16H22ClNO3/c1-16(2,15(20)21)12-4-3-7-18(10-12)9-11-5-6-14(19)13(17)8-11/h5-6,8,12,19H,3-4,7,9-10H2,1-2H3,(H,20,21). The molecule has 1 fully saturated rings. The zero-order valence-electron chi connectivity index (χ0n) is 12.5. The summed E-state index contributed by atoms with van der Waals surface area (Å²) in [5, 5.41) is 19.2. The molecule has 0 saturated carbocycles. The molecule has 5 heteroatoms. The number of hydrogen-bond acceptors (Lipinski definition) is 3. The van der Waals surface area contributed by atoms with E-state index in [1.54, 1.807) is 26.0 Å². The van der Waals surface area contributed by atoms with Crippen molar-refractivity contribution >= 4 is 17.6 Å². The summed E-state index contributed by atoms with van der Waals surface area (Å²) in [6.07, 6.45) is 1.96. The fourth-order valence-electron chi connectivity index (χ4n) is 2.87. The molecule has 0 spiro atoms. The van der Waals surface area contributed by atoms with Crippen LogP contribution in [0.1, 0.15) is 32.3 Å². The fraction of sp³-hybridized carbons (Fsp3) is 0.562. The molecule has 2 rings (SSSR count). The van der Waals surface area contributed by atoms with Gasteiger partial charge in [0.05, 0.1) is 10.4 Å². The molecule has 1 aliphatic rings. The summed E-state index contributed by atoms with van der Waals surface area (Å²) in [6.45, 7) is 6.08. The minimum Gasteiger partial charge on any atom is -0.506 e. The van der Waals surface area contributed by atoms with Crippen molar-refractivity contribution in [3.63, 3.8) is 0 Å². The number of piperidine rings is 1. The van der Waals surface area contributed by atoms with E-state index in [1.165, 1.54) is 0 Å². The third kappa shape index (κ3) is 3.69. The Labute approximate surface area is 130 Å². The number of carboxylic acid groups (broad SMARTS) is 1. The first-order valence-electron chi connectivity index (χ1n) is 7.24. The van der Waals surface area contributed by atoms with Crippen LogP contribution in [0.4, 0.5) is 0 Å². The van der Waals surface area contributed by atoms with Gasteiger partial charge in [-0.25, -0.2) is 0 Å². The van der Waals surface area contributed by atoms with Crippen molar-refractivity contribution < 1.29 is 15.0 Å². The number of hydrogen-bond donors (Lipinski definition) is 2. The first-order valence-corrected chi connectivity index (χ1v) is 7.61. The van der Waals surface area contributed by atoms with Crippen molar-refractivity contribution in [3.05, 3.63) is 28.8 Å². The number of phenolic OH excluding ortho intramolecular Hbond substituents is 1. The van der Waals surface area contributed by atoms with Crippen LogP contribution < -0.4 is 0 Å². The number of benzene rings is 1. The average Bonchev–Trinajstić information content (AvgIpc) is 2.43. The van der Waals surface area contributed by atoms with Gasteiger partial charge in [0.1, 0.15) is 5.75 Å². The van der Waals surface area contributed by atoms with E-state index in [4.69, 9.17) is 11.6 Å². The van der Waals surface area contributed by atoms with Crippen molar-refractivity contribution in [2.45, 2.75) is 33.2 Å². The van der Waals surface area contributed by atoms with Gasteiger partial charge in [0.15, 0.2) is 0 Å². The predicted octanol–water partition coefficient (Wildman–Crippen LogP) is 3.37. The van der Waals surface area contributed by atoms with E-state index in [1.807, 2.05) is 6.07 Å². The lowest BCUT2D eigenvalue weighted by Crippen LogP contribution is -2.44. The Kier molecular flexibility index (Phi) is 4.79. The molecule has 21 heavy (non-hydrogen) atoms. The second-order valence-electron chi connectivity index (χ2n) is 6.39. The van der Waals surface area contributed by atoms with Crippen LogP contribution in [0.3, 0.4) is 0 Å². The summed E-state index contributed by atoms with van der Waals surface area (Å²) in [5.41, 5.74) is 0.331. The van der Waals surface area contributed by atoms with E-state index in [-0.39, 0.29) is 11.7 Å². The monoisotopic (exact) mass is 311 g/mol. The van der Waals surface area contributed by atoms with Gasteiger partial charge in [0.25, 0.3) is 0 Å². The molecule has 0 aromatic heterocycles. The lowest BCUT2D eigenvalue weighted by Gasteiger charge is -2.39. The van der Waals surface area contributed by atoms with Gasteiger partial charge in [0.2, 0.25) is 0 Å². The molecule has 0 bridgehead atoms. The van der Waals surface area contributed by atoms with Gasteiger partial charge in [-0.15, -0.1) is 0 Å². The quantitative estimate of drug-likeness (QED) is 0.895. The summed E-state index contributed by atoms with van der Waals surface area (Å²) in [6, 6.07) is 5.22. The van der Waals surface area contributed by atoms with E-state index in [0.29, 0.717) is 5.02 Å². The second kappa shape index (κ2) is 6.24. The van der Waals surface area contributed by atoms with Crippen molar-refractivity contribution in [2.75, 3.05) is 13.1 Å². The Morgan fingerprint density at radius 3 is 2.81 bits per heavy atom. The first-order chi connectivity index (χ1) is 9.80. The Morgan fingerprint density at radius 1 is 1.48 bits per heavy atom. The highest BCUT2D eigenvalue weighted by Crippen LogP contribution is 2.35. The minimum atomic E-state index is -0.734. The third-order valence-electron chi connectivity index (χ3n) is 4.50. The van der Waals surface area contributed by atoms with E-state index >= 15 is 0 Å². The molecule has 4 nitrogen and oxygen atoms in total. The van der Waals surface area contributed by atoms with Crippen LogP contribution in [0.5, 0.6) is 5.75 Å².